The molecular weight excluding hydrogens is 320 g/mol. The van der Waals surface area contributed by atoms with Crippen LogP contribution in [0.1, 0.15) is 24.8 Å². The summed E-state index contributed by atoms with van der Waals surface area (Å²) in [5.74, 6) is 1.31. The summed E-state index contributed by atoms with van der Waals surface area (Å²) in [6.45, 7) is 4.51. The van der Waals surface area contributed by atoms with Crippen LogP contribution in [0.15, 0.2) is 18.2 Å². The minimum absolute atomic E-state index is 0.138. The lowest BCUT2D eigenvalue weighted by molar-refractivity contribution is 0.0608. The first-order chi connectivity index (χ1) is 12.1. The Labute approximate surface area is 151 Å². The number of hydrogen-bond acceptors (Lipinski definition) is 6. The molecule has 6 nitrogen and oxygen atoms in total. The summed E-state index contributed by atoms with van der Waals surface area (Å²) in [6.07, 6.45) is 3.21. The summed E-state index contributed by atoms with van der Waals surface area (Å²) in [4.78, 5) is 4.34. The van der Waals surface area contributed by atoms with Gasteiger partial charge in [-0.25, -0.2) is 0 Å². The SMILES string of the molecule is COc1ccc(CN(C)CCO)cc1OCC(O)CN1CCCCC1. The second kappa shape index (κ2) is 10.6. The summed E-state index contributed by atoms with van der Waals surface area (Å²) in [5, 5.41) is 19.3. The van der Waals surface area contributed by atoms with Crippen LogP contribution in [0.25, 0.3) is 0 Å². The molecule has 0 amide bonds. The predicted molar refractivity (Wildman–Crippen MR) is 98.2 cm³/mol. The van der Waals surface area contributed by atoms with E-state index in [0.717, 1.165) is 25.2 Å². The van der Waals surface area contributed by atoms with Gasteiger partial charge in [-0.1, -0.05) is 12.5 Å². The maximum absolute atomic E-state index is 10.3. The van der Waals surface area contributed by atoms with Crippen LogP contribution in [-0.4, -0.2) is 79.7 Å². The quantitative estimate of drug-likeness (QED) is 0.663. The van der Waals surface area contributed by atoms with Gasteiger partial charge in [0.05, 0.1) is 13.7 Å². The van der Waals surface area contributed by atoms with Crippen molar-refractivity contribution in [1.29, 1.82) is 0 Å². The van der Waals surface area contributed by atoms with Crippen molar-refractivity contribution in [2.24, 2.45) is 0 Å². The fraction of sp³-hybridized carbons (Fsp3) is 0.684. The largest absolute Gasteiger partial charge is 0.493 e. The lowest BCUT2D eigenvalue weighted by atomic mass is 10.1. The molecule has 0 aliphatic carbocycles. The summed E-state index contributed by atoms with van der Waals surface area (Å²) in [7, 11) is 3.58. The van der Waals surface area contributed by atoms with Gasteiger partial charge in [0.15, 0.2) is 11.5 Å². The van der Waals surface area contributed by atoms with E-state index in [1.165, 1.54) is 19.3 Å². The van der Waals surface area contributed by atoms with E-state index in [2.05, 4.69) is 4.90 Å². The fourth-order valence-corrected chi connectivity index (χ4v) is 3.17. The number of aliphatic hydroxyl groups is 2. The van der Waals surface area contributed by atoms with E-state index in [1.54, 1.807) is 7.11 Å². The van der Waals surface area contributed by atoms with Gasteiger partial charge in [0.2, 0.25) is 0 Å². The fourth-order valence-electron chi connectivity index (χ4n) is 3.17. The highest BCUT2D eigenvalue weighted by Gasteiger charge is 2.16. The normalized spacial score (nSPS) is 16.8. The number of nitrogens with zero attached hydrogens (tertiary/aromatic N) is 2. The second-order valence-electron chi connectivity index (χ2n) is 6.77. The Morgan fingerprint density at radius 1 is 1.20 bits per heavy atom. The van der Waals surface area contributed by atoms with Crippen molar-refractivity contribution in [2.75, 3.05) is 53.6 Å². The molecule has 1 aromatic carbocycles. The lowest BCUT2D eigenvalue weighted by Crippen LogP contribution is -2.38. The Morgan fingerprint density at radius 3 is 2.64 bits per heavy atom. The van der Waals surface area contributed by atoms with Gasteiger partial charge in [0.1, 0.15) is 12.7 Å². The molecule has 1 unspecified atom stereocenters. The third kappa shape index (κ3) is 6.82. The van der Waals surface area contributed by atoms with Crippen LogP contribution in [0.3, 0.4) is 0 Å². The molecule has 1 atom stereocenters. The zero-order valence-electron chi connectivity index (χ0n) is 15.5. The van der Waals surface area contributed by atoms with Gasteiger partial charge in [-0.3, -0.25) is 4.90 Å². The van der Waals surface area contributed by atoms with Crippen molar-refractivity contribution < 1.29 is 19.7 Å². The number of benzene rings is 1. The van der Waals surface area contributed by atoms with Crippen LogP contribution in [0, 0.1) is 0 Å². The zero-order chi connectivity index (χ0) is 18.1. The number of likely N-dealkylation sites (N-methyl/N-ethyl adjacent to an activating group) is 1. The molecule has 1 aliphatic heterocycles. The van der Waals surface area contributed by atoms with Gasteiger partial charge in [0, 0.05) is 19.6 Å². The van der Waals surface area contributed by atoms with E-state index >= 15 is 0 Å². The minimum atomic E-state index is -0.511. The molecule has 1 aromatic rings. The van der Waals surface area contributed by atoms with E-state index < -0.39 is 6.10 Å². The molecule has 1 aliphatic rings. The Hall–Kier alpha value is -1.34. The molecule has 1 fully saturated rings. The molecule has 1 heterocycles. The van der Waals surface area contributed by atoms with Crippen LogP contribution >= 0.6 is 0 Å². The number of β-amino-alcohol motifs (C(OH)–C–C–N with tert-alkyl or cyclic N) is 1. The molecule has 0 aromatic heterocycles. The van der Waals surface area contributed by atoms with Crippen molar-refractivity contribution in [1.82, 2.24) is 9.80 Å². The number of ether oxygens (including phenoxy) is 2. The Morgan fingerprint density at radius 2 is 1.96 bits per heavy atom. The van der Waals surface area contributed by atoms with Gasteiger partial charge >= 0.3 is 0 Å². The Balaban J connectivity index is 1.89. The summed E-state index contributed by atoms with van der Waals surface area (Å²) in [5.41, 5.74) is 1.08. The first kappa shape index (κ1) is 20.0. The zero-order valence-corrected chi connectivity index (χ0v) is 15.5. The van der Waals surface area contributed by atoms with Crippen molar-refractivity contribution in [3.8, 4) is 11.5 Å². The third-order valence-corrected chi connectivity index (χ3v) is 4.51. The Kier molecular flexibility index (Phi) is 8.48. The van der Waals surface area contributed by atoms with Crippen LogP contribution in [0.5, 0.6) is 11.5 Å². The number of rotatable bonds is 10. The molecule has 142 valence electrons. The van der Waals surface area contributed by atoms with Crippen LogP contribution in [-0.2, 0) is 6.54 Å². The Bertz CT molecular complexity index is 506. The van der Waals surface area contributed by atoms with Crippen LogP contribution in [0.4, 0.5) is 0 Å². The molecule has 6 heteroatoms. The van der Waals surface area contributed by atoms with Gasteiger partial charge in [-0.2, -0.15) is 0 Å². The number of hydrogen-bond donors (Lipinski definition) is 2. The van der Waals surface area contributed by atoms with E-state index in [0.29, 0.717) is 24.6 Å². The molecule has 2 N–H and O–H groups in total. The van der Waals surface area contributed by atoms with Gasteiger partial charge in [-0.05, 0) is 50.7 Å². The topological polar surface area (TPSA) is 65.4 Å². The highest BCUT2D eigenvalue weighted by Crippen LogP contribution is 2.28. The van der Waals surface area contributed by atoms with Gasteiger partial charge in [0.25, 0.3) is 0 Å². The maximum Gasteiger partial charge on any atom is 0.161 e. The summed E-state index contributed by atoms with van der Waals surface area (Å²) >= 11 is 0. The van der Waals surface area contributed by atoms with Crippen molar-refractivity contribution in [2.45, 2.75) is 31.9 Å². The number of piperidine rings is 1. The standard InChI is InChI=1S/C19H32N2O4/c1-20(10-11-22)13-16-6-7-18(24-2)19(12-16)25-15-17(23)14-21-8-4-3-5-9-21/h6-7,12,17,22-23H,3-5,8-11,13-15H2,1-2H3. The van der Waals surface area contributed by atoms with Crippen molar-refractivity contribution in [3.63, 3.8) is 0 Å². The molecule has 0 saturated carbocycles. The van der Waals surface area contributed by atoms with E-state index in [-0.39, 0.29) is 13.2 Å². The molecule has 25 heavy (non-hydrogen) atoms. The predicted octanol–water partition coefficient (Wildman–Crippen LogP) is 1.34. The second-order valence-corrected chi connectivity index (χ2v) is 6.77. The lowest BCUT2D eigenvalue weighted by Gasteiger charge is -2.28. The smallest absolute Gasteiger partial charge is 0.161 e. The van der Waals surface area contributed by atoms with Gasteiger partial charge in [-0.15, -0.1) is 0 Å². The molecule has 0 spiro atoms. The molecule has 2 rings (SSSR count). The molecule has 0 radical (unpaired) electrons. The van der Waals surface area contributed by atoms with Crippen LogP contribution < -0.4 is 9.47 Å². The summed E-state index contributed by atoms with van der Waals surface area (Å²) < 4.78 is 11.2. The maximum atomic E-state index is 10.3. The summed E-state index contributed by atoms with van der Waals surface area (Å²) in [6, 6.07) is 5.82. The van der Waals surface area contributed by atoms with Crippen molar-refractivity contribution in [3.05, 3.63) is 23.8 Å². The first-order valence-electron chi connectivity index (χ1n) is 9.12. The van der Waals surface area contributed by atoms with Crippen LogP contribution in [0.2, 0.25) is 0 Å². The monoisotopic (exact) mass is 352 g/mol. The van der Waals surface area contributed by atoms with Crippen molar-refractivity contribution >= 4 is 0 Å². The number of aliphatic hydroxyl groups excluding tert-OH is 2. The van der Waals surface area contributed by atoms with E-state index in [1.807, 2.05) is 30.1 Å². The first-order valence-corrected chi connectivity index (χ1v) is 9.12. The molecule has 0 bridgehead atoms. The average Bonchev–Trinajstić information content (AvgIpc) is 2.61. The van der Waals surface area contributed by atoms with E-state index in [9.17, 15) is 5.11 Å². The number of methoxy groups -OCH3 is 1. The van der Waals surface area contributed by atoms with E-state index in [4.69, 9.17) is 14.6 Å². The number of likely N-dealkylation sites (tertiary alicyclic amines) is 1. The molecule has 1 saturated heterocycles. The average molecular weight is 352 g/mol. The third-order valence-electron chi connectivity index (χ3n) is 4.51. The highest BCUT2D eigenvalue weighted by atomic mass is 16.5. The minimum Gasteiger partial charge on any atom is -0.493 e. The van der Waals surface area contributed by atoms with Gasteiger partial charge < -0.3 is 24.6 Å². The molecular formula is C19H32N2O4. The highest BCUT2D eigenvalue weighted by molar-refractivity contribution is 5.43.